The van der Waals surface area contributed by atoms with Crippen LogP contribution in [0.2, 0.25) is 0 Å². The molecule has 196 valence electrons. The SMILES string of the molecule is COc1ccc(S(=O)(=O)N(CCO)CCO[C@@H]2C[C@H](C(C)C)C=C(C(=O)N3CCCCC3)O2)cc1. The molecule has 0 saturated carbocycles. The number of amides is 1. The number of aliphatic hydroxyl groups is 1. The number of methoxy groups -OCH3 is 1. The highest BCUT2D eigenvalue weighted by Gasteiger charge is 2.32. The summed E-state index contributed by atoms with van der Waals surface area (Å²) in [6.45, 7) is 5.39. The smallest absolute Gasteiger partial charge is 0.288 e. The lowest BCUT2D eigenvalue weighted by molar-refractivity contribution is -0.156. The number of hydrogen-bond donors (Lipinski definition) is 1. The van der Waals surface area contributed by atoms with Crippen molar-refractivity contribution in [3.05, 3.63) is 36.1 Å². The summed E-state index contributed by atoms with van der Waals surface area (Å²) in [5, 5.41) is 9.45. The highest BCUT2D eigenvalue weighted by atomic mass is 32.2. The standard InChI is InChI=1S/C25H38N2O7S/c1-19(2)20-17-23(25(29)26-11-5-4-6-12-26)34-24(18-20)33-16-14-27(13-15-28)35(30,31)22-9-7-21(32-3)8-10-22/h7-10,17,19-20,24,28H,4-6,11-16,18H2,1-3H3/t20-,24+/m1/s1. The van der Waals surface area contributed by atoms with Crippen molar-refractivity contribution < 1.29 is 32.5 Å². The van der Waals surface area contributed by atoms with Crippen LogP contribution in [0.15, 0.2) is 41.0 Å². The highest BCUT2D eigenvalue weighted by molar-refractivity contribution is 7.89. The van der Waals surface area contributed by atoms with Gasteiger partial charge in [-0.15, -0.1) is 0 Å². The summed E-state index contributed by atoms with van der Waals surface area (Å²) < 4.78 is 44.3. The molecule has 1 aromatic carbocycles. The van der Waals surface area contributed by atoms with Gasteiger partial charge < -0.3 is 24.2 Å². The zero-order valence-corrected chi connectivity index (χ0v) is 21.7. The number of rotatable bonds is 11. The van der Waals surface area contributed by atoms with Gasteiger partial charge in [0.1, 0.15) is 5.75 Å². The van der Waals surface area contributed by atoms with E-state index in [2.05, 4.69) is 13.8 Å². The lowest BCUT2D eigenvalue weighted by Crippen LogP contribution is -2.41. The highest BCUT2D eigenvalue weighted by Crippen LogP contribution is 2.30. The molecule has 35 heavy (non-hydrogen) atoms. The molecule has 9 nitrogen and oxygen atoms in total. The quantitative estimate of drug-likeness (QED) is 0.488. The number of carbonyl (C=O) groups excluding carboxylic acids is 1. The summed E-state index contributed by atoms with van der Waals surface area (Å²) in [5.41, 5.74) is 0. The van der Waals surface area contributed by atoms with Crippen LogP contribution in [0.3, 0.4) is 0 Å². The van der Waals surface area contributed by atoms with Crippen molar-refractivity contribution in [3.63, 3.8) is 0 Å². The van der Waals surface area contributed by atoms with Crippen molar-refractivity contribution in [3.8, 4) is 5.75 Å². The maximum atomic E-state index is 13.1. The van der Waals surface area contributed by atoms with Crippen LogP contribution in [0.25, 0.3) is 0 Å². The largest absolute Gasteiger partial charge is 0.497 e. The minimum absolute atomic E-state index is 0.0419. The van der Waals surface area contributed by atoms with Crippen LogP contribution in [-0.2, 0) is 24.3 Å². The lowest BCUT2D eigenvalue weighted by Gasteiger charge is -2.34. The Morgan fingerprint density at radius 1 is 1.17 bits per heavy atom. The van der Waals surface area contributed by atoms with Crippen molar-refractivity contribution in [1.29, 1.82) is 0 Å². The van der Waals surface area contributed by atoms with Crippen LogP contribution in [0.4, 0.5) is 0 Å². The number of piperidine rings is 1. The van der Waals surface area contributed by atoms with Crippen molar-refractivity contribution in [2.24, 2.45) is 11.8 Å². The summed E-state index contributed by atoms with van der Waals surface area (Å²) in [6, 6.07) is 6.10. The fourth-order valence-electron chi connectivity index (χ4n) is 4.30. The molecule has 0 radical (unpaired) electrons. The first-order valence-electron chi connectivity index (χ1n) is 12.3. The molecule has 2 aliphatic heterocycles. The van der Waals surface area contributed by atoms with Crippen molar-refractivity contribution >= 4 is 15.9 Å². The molecule has 0 aliphatic carbocycles. The summed E-state index contributed by atoms with van der Waals surface area (Å²) in [5.74, 6) is 1.19. The third-order valence-electron chi connectivity index (χ3n) is 6.49. The van der Waals surface area contributed by atoms with Crippen LogP contribution < -0.4 is 4.74 Å². The van der Waals surface area contributed by atoms with Gasteiger partial charge >= 0.3 is 0 Å². The van der Waals surface area contributed by atoms with E-state index in [0.717, 1.165) is 32.4 Å². The second-order valence-electron chi connectivity index (χ2n) is 9.25. The Bertz CT molecular complexity index is 957. The molecular weight excluding hydrogens is 472 g/mol. The molecule has 1 fully saturated rings. The number of likely N-dealkylation sites (tertiary alicyclic amines) is 1. The maximum absolute atomic E-state index is 13.1. The molecule has 3 rings (SSSR count). The summed E-state index contributed by atoms with van der Waals surface area (Å²) in [4.78, 5) is 15.0. The molecule has 0 unspecified atom stereocenters. The van der Waals surface area contributed by atoms with Crippen LogP contribution in [0.5, 0.6) is 5.75 Å². The Morgan fingerprint density at radius 3 is 2.46 bits per heavy atom. The third-order valence-corrected chi connectivity index (χ3v) is 8.40. The molecule has 2 atom stereocenters. The maximum Gasteiger partial charge on any atom is 0.288 e. The first-order chi connectivity index (χ1) is 16.8. The van der Waals surface area contributed by atoms with E-state index in [1.807, 2.05) is 11.0 Å². The molecule has 0 aromatic heterocycles. The Balaban J connectivity index is 1.64. The fourth-order valence-corrected chi connectivity index (χ4v) is 5.72. The van der Waals surface area contributed by atoms with E-state index in [1.165, 1.54) is 23.5 Å². The Hall–Kier alpha value is -2.14. The number of allylic oxidation sites excluding steroid dienone is 1. The van der Waals surface area contributed by atoms with E-state index in [4.69, 9.17) is 14.2 Å². The zero-order valence-electron chi connectivity index (χ0n) is 20.9. The molecule has 2 aliphatic rings. The van der Waals surface area contributed by atoms with Crippen LogP contribution in [-0.4, -0.2) is 81.4 Å². The van der Waals surface area contributed by atoms with E-state index in [-0.39, 0.29) is 43.0 Å². The molecule has 2 heterocycles. The molecule has 10 heteroatoms. The van der Waals surface area contributed by atoms with E-state index in [1.54, 1.807) is 12.1 Å². The topological polar surface area (TPSA) is 106 Å². The van der Waals surface area contributed by atoms with Gasteiger partial charge in [-0.2, -0.15) is 4.31 Å². The Morgan fingerprint density at radius 2 is 1.86 bits per heavy atom. The second kappa shape index (κ2) is 12.7. The molecule has 1 N–H and O–H groups in total. The van der Waals surface area contributed by atoms with Crippen molar-refractivity contribution in [1.82, 2.24) is 9.21 Å². The van der Waals surface area contributed by atoms with Crippen molar-refractivity contribution in [2.75, 3.05) is 46.5 Å². The van der Waals surface area contributed by atoms with Gasteiger partial charge in [0.15, 0.2) is 5.76 Å². The Kier molecular flexibility index (Phi) is 9.97. The van der Waals surface area contributed by atoms with Gasteiger partial charge in [-0.25, -0.2) is 8.42 Å². The second-order valence-corrected chi connectivity index (χ2v) is 11.2. The summed E-state index contributed by atoms with van der Waals surface area (Å²) in [7, 11) is -2.32. The fraction of sp³-hybridized carbons (Fsp3) is 0.640. The summed E-state index contributed by atoms with van der Waals surface area (Å²) in [6.07, 6.45) is 4.98. The average molecular weight is 511 g/mol. The number of hydrogen-bond acceptors (Lipinski definition) is 7. The first kappa shape index (κ1) is 27.4. The van der Waals surface area contributed by atoms with E-state index < -0.39 is 16.3 Å². The van der Waals surface area contributed by atoms with Gasteiger partial charge in [-0.05, 0) is 61.4 Å². The van der Waals surface area contributed by atoms with Crippen LogP contribution in [0.1, 0.15) is 39.5 Å². The molecular formula is C25H38N2O7S. The predicted molar refractivity (Wildman–Crippen MR) is 131 cm³/mol. The molecule has 1 saturated heterocycles. The van der Waals surface area contributed by atoms with Crippen LogP contribution >= 0.6 is 0 Å². The minimum atomic E-state index is -3.83. The van der Waals surface area contributed by atoms with E-state index in [9.17, 15) is 18.3 Å². The molecule has 0 spiro atoms. The summed E-state index contributed by atoms with van der Waals surface area (Å²) >= 11 is 0. The van der Waals surface area contributed by atoms with Gasteiger partial charge in [0, 0.05) is 32.6 Å². The van der Waals surface area contributed by atoms with Gasteiger partial charge in [0.25, 0.3) is 5.91 Å². The zero-order chi connectivity index (χ0) is 25.4. The molecule has 0 bridgehead atoms. The van der Waals surface area contributed by atoms with E-state index in [0.29, 0.717) is 23.8 Å². The molecule has 1 aromatic rings. The van der Waals surface area contributed by atoms with Gasteiger partial charge in [0.05, 0.1) is 25.2 Å². The Labute approximate surface area is 208 Å². The number of sulfonamides is 1. The number of carbonyl (C=O) groups is 1. The third kappa shape index (κ3) is 7.19. The van der Waals surface area contributed by atoms with Gasteiger partial charge in [-0.3, -0.25) is 4.79 Å². The van der Waals surface area contributed by atoms with Crippen molar-refractivity contribution in [2.45, 2.75) is 50.7 Å². The number of benzene rings is 1. The normalized spacial score (nSPS) is 21.1. The average Bonchev–Trinajstić information content (AvgIpc) is 2.88. The first-order valence-corrected chi connectivity index (χ1v) is 13.7. The van der Waals surface area contributed by atoms with Crippen LogP contribution in [0, 0.1) is 11.8 Å². The minimum Gasteiger partial charge on any atom is -0.497 e. The van der Waals surface area contributed by atoms with Gasteiger partial charge in [0.2, 0.25) is 16.3 Å². The predicted octanol–water partition coefficient (Wildman–Crippen LogP) is 2.61. The van der Waals surface area contributed by atoms with E-state index >= 15 is 0 Å². The number of ether oxygens (including phenoxy) is 3. The molecule has 1 amide bonds. The number of aliphatic hydroxyl groups excluding tert-OH is 1. The number of nitrogens with zero attached hydrogens (tertiary/aromatic N) is 2. The monoisotopic (exact) mass is 510 g/mol. The lowest BCUT2D eigenvalue weighted by atomic mass is 9.90. The van der Waals surface area contributed by atoms with Gasteiger partial charge in [-0.1, -0.05) is 13.8 Å².